The van der Waals surface area contributed by atoms with E-state index in [1.165, 1.54) is 6.33 Å². The maximum atomic E-state index is 12.1. The Morgan fingerprint density at radius 3 is 2.91 bits per heavy atom. The van der Waals surface area contributed by atoms with Crippen LogP contribution in [0.1, 0.15) is 22.0 Å². The van der Waals surface area contributed by atoms with Crippen LogP contribution in [0.2, 0.25) is 0 Å². The first kappa shape index (κ1) is 13.8. The van der Waals surface area contributed by atoms with Gasteiger partial charge in [-0.05, 0) is 19.1 Å². The molecule has 0 aliphatic heterocycles. The van der Waals surface area contributed by atoms with Crippen molar-refractivity contribution in [3.63, 3.8) is 0 Å². The summed E-state index contributed by atoms with van der Waals surface area (Å²) in [4.78, 5) is 20.1. The number of amides is 1. The van der Waals surface area contributed by atoms with Gasteiger partial charge in [0.05, 0.1) is 12.8 Å². The van der Waals surface area contributed by atoms with E-state index in [0.29, 0.717) is 23.9 Å². The summed E-state index contributed by atoms with van der Waals surface area (Å²) in [6, 6.07) is 6.81. The SMILES string of the molecule is Cc1cc(NC(=O)c2cc(NCc3ccco3)ncn2)no1. The fourth-order valence-corrected chi connectivity index (χ4v) is 1.77. The van der Waals surface area contributed by atoms with Crippen LogP contribution >= 0.6 is 0 Å². The molecule has 0 saturated carbocycles. The van der Waals surface area contributed by atoms with Crippen LogP contribution in [0, 0.1) is 6.92 Å². The zero-order valence-corrected chi connectivity index (χ0v) is 11.7. The van der Waals surface area contributed by atoms with Gasteiger partial charge in [-0.3, -0.25) is 4.79 Å². The van der Waals surface area contributed by atoms with Crippen LogP contribution in [-0.2, 0) is 6.54 Å². The molecule has 1 amide bonds. The second-order valence-electron chi connectivity index (χ2n) is 4.50. The number of nitrogens with one attached hydrogen (secondary N) is 2. The lowest BCUT2D eigenvalue weighted by Crippen LogP contribution is -2.14. The van der Waals surface area contributed by atoms with Gasteiger partial charge in [0.1, 0.15) is 29.4 Å². The standard InChI is InChI=1S/C14H13N5O3/c1-9-5-13(19-22-9)18-14(20)11-6-12(17-8-16-11)15-7-10-3-2-4-21-10/h2-6,8H,7H2,1H3,(H,15,16,17)(H,18,19,20). The van der Waals surface area contributed by atoms with Crippen molar-refractivity contribution in [1.82, 2.24) is 15.1 Å². The first-order valence-corrected chi connectivity index (χ1v) is 6.54. The number of nitrogens with zero attached hydrogens (tertiary/aromatic N) is 3. The number of aromatic nitrogens is 3. The highest BCUT2D eigenvalue weighted by Gasteiger charge is 2.11. The fourth-order valence-electron chi connectivity index (χ4n) is 1.77. The highest BCUT2D eigenvalue weighted by Crippen LogP contribution is 2.11. The lowest BCUT2D eigenvalue weighted by atomic mass is 10.3. The predicted octanol–water partition coefficient (Wildman–Crippen LogP) is 2.23. The van der Waals surface area contributed by atoms with Crippen molar-refractivity contribution in [2.45, 2.75) is 13.5 Å². The highest BCUT2D eigenvalue weighted by molar-refractivity contribution is 6.02. The molecule has 3 rings (SSSR count). The molecular weight excluding hydrogens is 286 g/mol. The number of anilines is 2. The Kier molecular flexibility index (Phi) is 3.82. The van der Waals surface area contributed by atoms with Crippen molar-refractivity contribution in [1.29, 1.82) is 0 Å². The van der Waals surface area contributed by atoms with Crippen LogP contribution in [-0.4, -0.2) is 21.0 Å². The number of carbonyl (C=O) groups excluding carboxylic acids is 1. The Morgan fingerprint density at radius 1 is 1.27 bits per heavy atom. The lowest BCUT2D eigenvalue weighted by molar-refractivity contribution is 0.102. The summed E-state index contributed by atoms with van der Waals surface area (Å²) in [5, 5.41) is 9.34. The van der Waals surface area contributed by atoms with Gasteiger partial charge in [0.25, 0.3) is 5.91 Å². The topological polar surface area (TPSA) is 106 Å². The molecule has 0 unspecified atom stereocenters. The minimum atomic E-state index is -0.392. The molecule has 0 atom stereocenters. The minimum Gasteiger partial charge on any atom is -0.467 e. The molecule has 0 saturated heterocycles. The van der Waals surface area contributed by atoms with E-state index in [1.807, 2.05) is 6.07 Å². The van der Waals surface area contributed by atoms with Crippen molar-refractivity contribution in [3.05, 3.63) is 54.1 Å². The number of rotatable bonds is 5. The molecule has 3 aromatic rings. The van der Waals surface area contributed by atoms with Crippen molar-refractivity contribution < 1.29 is 13.7 Å². The van der Waals surface area contributed by atoms with E-state index in [-0.39, 0.29) is 5.69 Å². The predicted molar refractivity (Wildman–Crippen MR) is 77.3 cm³/mol. The number of furan rings is 1. The molecule has 0 fully saturated rings. The first-order valence-electron chi connectivity index (χ1n) is 6.54. The van der Waals surface area contributed by atoms with Crippen LogP contribution < -0.4 is 10.6 Å². The van der Waals surface area contributed by atoms with Crippen molar-refractivity contribution in [2.24, 2.45) is 0 Å². The summed E-state index contributed by atoms with van der Waals surface area (Å²) in [5.41, 5.74) is 0.220. The summed E-state index contributed by atoms with van der Waals surface area (Å²) >= 11 is 0. The van der Waals surface area contributed by atoms with Crippen LogP contribution in [0.25, 0.3) is 0 Å². The zero-order valence-electron chi connectivity index (χ0n) is 11.7. The molecule has 8 nitrogen and oxygen atoms in total. The summed E-state index contributed by atoms with van der Waals surface area (Å²) in [6.07, 6.45) is 2.91. The van der Waals surface area contributed by atoms with E-state index in [0.717, 1.165) is 5.76 Å². The monoisotopic (exact) mass is 299 g/mol. The van der Waals surface area contributed by atoms with Gasteiger partial charge < -0.3 is 19.6 Å². The summed E-state index contributed by atoms with van der Waals surface area (Å²) in [7, 11) is 0. The van der Waals surface area contributed by atoms with E-state index >= 15 is 0 Å². The molecule has 8 heteroatoms. The summed E-state index contributed by atoms with van der Waals surface area (Å²) < 4.78 is 10.1. The van der Waals surface area contributed by atoms with Gasteiger partial charge in [-0.1, -0.05) is 5.16 Å². The third-order valence-corrected chi connectivity index (χ3v) is 2.79. The van der Waals surface area contributed by atoms with Crippen LogP contribution in [0.4, 0.5) is 11.6 Å². The van der Waals surface area contributed by atoms with Gasteiger partial charge in [0.2, 0.25) is 0 Å². The number of carbonyl (C=O) groups is 1. The van der Waals surface area contributed by atoms with Gasteiger partial charge in [0, 0.05) is 12.1 Å². The van der Waals surface area contributed by atoms with Crippen LogP contribution in [0.15, 0.2) is 45.8 Å². The first-order chi connectivity index (χ1) is 10.7. The van der Waals surface area contributed by atoms with Crippen molar-refractivity contribution in [3.8, 4) is 0 Å². The molecule has 0 aliphatic rings. The quantitative estimate of drug-likeness (QED) is 0.744. The third-order valence-electron chi connectivity index (χ3n) is 2.79. The molecule has 0 radical (unpaired) electrons. The average Bonchev–Trinajstić information content (AvgIpc) is 3.17. The Bertz CT molecular complexity index is 766. The molecule has 3 heterocycles. The minimum absolute atomic E-state index is 0.220. The molecule has 3 aromatic heterocycles. The molecule has 2 N–H and O–H groups in total. The number of aryl methyl sites for hydroxylation is 1. The number of hydrogen-bond donors (Lipinski definition) is 2. The molecule has 0 aromatic carbocycles. The molecule has 0 bridgehead atoms. The molecule has 112 valence electrons. The Hall–Kier alpha value is -3.16. The summed E-state index contributed by atoms with van der Waals surface area (Å²) in [6.45, 7) is 2.21. The van der Waals surface area contributed by atoms with E-state index < -0.39 is 5.91 Å². The highest BCUT2D eigenvalue weighted by atomic mass is 16.5. The van der Waals surface area contributed by atoms with E-state index in [9.17, 15) is 4.79 Å². The van der Waals surface area contributed by atoms with Gasteiger partial charge >= 0.3 is 0 Å². The van der Waals surface area contributed by atoms with Gasteiger partial charge in [0.15, 0.2) is 5.82 Å². The second kappa shape index (κ2) is 6.08. The van der Waals surface area contributed by atoms with Crippen LogP contribution in [0.3, 0.4) is 0 Å². The molecule has 0 spiro atoms. The molecule has 0 aliphatic carbocycles. The van der Waals surface area contributed by atoms with E-state index in [4.69, 9.17) is 8.94 Å². The average molecular weight is 299 g/mol. The van der Waals surface area contributed by atoms with E-state index in [1.54, 1.807) is 31.4 Å². The summed E-state index contributed by atoms with van der Waals surface area (Å²) in [5.74, 6) is 1.84. The smallest absolute Gasteiger partial charge is 0.275 e. The Balaban J connectivity index is 1.66. The van der Waals surface area contributed by atoms with Crippen molar-refractivity contribution in [2.75, 3.05) is 10.6 Å². The second-order valence-corrected chi connectivity index (χ2v) is 4.50. The van der Waals surface area contributed by atoms with Gasteiger partial charge in [-0.2, -0.15) is 0 Å². The van der Waals surface area contributed by atoms with Crippen LogP contribution in [0.5, 0.6) is 0 Å². The molecular formula is C14H13N5O3. The largest absolute Gasteiger partial charge is 0.467 e. The van der Waals surface area contributed by atoms with Gasteiger partial charge in [-0.15, -0.1) is 0 Å². The van der Waals surface area contributed by atoms with Crippen molar-refractivity contribution >= 4 is 17.5 Å². The Labute approximate surface area is 125 Å². The number of hydrogen-bond acceptors (Lipinski definition) is 7. The molecule has 22 heavy (non-hydrogen) atoms. The fraction of sp³-hybridized carbons (Fsp3) is 0.143. The normalized spacial score (nSPS) is 10.4. The maximum Gasteiger partial charge on any atom is 0.275 e. The third kappa shape index (κ3) is 3.29. The maximum absolute atomic E-state index is 12.1. The van der Waals surface area contributed by atoms with Gasteiger partial charge in [-0.25, -0.2) is 9.97 Å². The van der Waals surface area contributed by atoms with E-state index in [2.05, 4.69) is 25.8 Å². The Morgan fingerprint density at radius 2 is 2.18 bits per heavy atom. The lowest BCUT2D eigenvalue weighted by Gasteiger charge is -2.05. The zero-order chi connectivity index (χ0) is 15.4.